The van der Waals surface area contributed by atoms with Crippen molar-refractivity contribution in [3.05, 3.63) is 108 Å². The van der Waals surface area contributed by atoms with E-state index in [9.17, 15) is 13.2 Å². The predicted octanol–water partition coefficient (Wildman–Crippen LogP) is 4.94. The van der Waals surface area contributed by atoms with Crippen LogP contribution in [-0.4, -0.2) is 25.7 Å². The molecular formula is C26H27N3O4S. The summed E-state index contributed by atoms with van der Waals surface area (Å²) in [4.78, 5) is 16.4. The van der Waals surface area contributed by atoms with Crippen LogP contribution in [0.25, 0.3) is 5.57 Å². The van der Waals surface area contributed by atoms with E-state index in [1.807, 2.05) is 31.2 Å². The van der Waals surface area contributed by atoms with Crippen molar-refractivity contribution in [2.75, 3.05) is 11.6 Å². The second-order valence-electron chi connectivity index (χ2n) is 7.63. The number of hydrogen-bond acceptors (Lipinski definition) is 5. The Bertz CT molecular complexity index is 1270. The average Bonchev–Trinajstić information content (AvgIpc) is 2.83. The Morgan fingerprint density at radius 2 is 1.76 bits per heavy atom. The number of benzene rings is 2. The van der Waals surface area contributed by atoms with Crippen molar-refractivity contribution in [1.29, 1.82) is 0 Å². The summed E-state index contributed by atoms with van der Waals surface area (Å²) in [6, 6.07) is 17.4. The van der Waals surface area contributed by atoms with Crippen molar-refractivity contribution in [3.8, 4) is 0 Å². The minimum Gasteiger partial charge on any atom is -0.493 e. The molecule has 1 aromatic heterocycles. The molecule has 0 aliphatic heterocycles. The maximum Gasteiger partial charge on any atom is 0.319 e. The zero-order valence-electron chi connectivity index (χ0n) is 19.1. The lowest BCUT2D eigenvalue weighted by Crippen LogP contribution is -2.28. The highest BCUT2D eigenvalue weighted by Crippen LogP contribution is 2.23. The number of carbonyl (C=O) groups is 1. The van der Waals surface area contributed by atoms with Gasteiger partial charge in [0.05, 0.1) is 4.90 Å². The van der Waals surface area contributed by atoms with Crippen molar-refractivity contribution < 1.29 is 17.9 Å². The SMILES string of the molecule is C=C/C(=C(\C)OCc1ccc(NC(=O)NCc2cccnc2)cc1)c1ccc(S(C)(=O)=O)cc1. The molecule has 0 radical (unpaired) electrons. The Kier molecular flexibility index (Phi) is 8.21. The lowest BCUT2D eigenvalue weighted by molar-refractivity contribution is 0.203. The zero-order valence-corrected chi connectivity index (χ0v) is 19.9. The molecule has 34 heavy (non-hydrogen) atoms. The van der Waals surface area contributed by atoms with E-state index < -0.39 is 9.84 Å². The first-order chi connectivity index (χ1) is 16.3. The molecule has 0 fully saturated rings. The van der Waals surface area contributed by atoms with E-state index in [1.54, 1.807) is 54.9 Å². The van der Waals surface area contributed by atoms with Crippen molar-refractivity contribution in [2.24, 2.45) is 0 Å². The van der Waals surface area contributed by atoms with Gasteiger partial charge in [-0.25, -0.2) is 13.2 Å². The smallest absolute Gasteiger partial charge is 0.319 e. The number of sulfone groups is 1. The number of nitrogens with one attached hydrogen (secondary N) is 2. The number of pyridine rings is 1. The van der Waals surface area contributed by atoms with Gasteiger partial charge in [-0.3, -0.25) is 4.98 Å². The van der Waals surface area contributed by atoms with E-state index >= 15 is 0 Å². The summed E-state index contributed by atoms with van der Waals surface area (Å²) in [6.07, 6.45) is 6.24. The fraction of sp³-hybridized carbons (Fsp3) is 0.154. The molecule has 2 aromatic carbocycles. The first-order valence-corrected chi connectivity index (χ1v) is 12.4. The fourth-order valence-electron chi connectivity index (χ4n) is 3.16. The van der Waals surface area contributed by atoms with Crippen molar-refractivity contribution in [2.45, 2.75) is 25.0 Å². The summed E-state index contributed by atoms with van der Waals surface area (Å²) >= 11 is 0. The van der Waals surface area contributed by atoms with Crippen LogP contribution in [0, 0.1) is 0 Å². The van der Waals surface area contributed by atoms with Crippen LogP contribution < -0.4 is 10.6 Å². The third-order valence-electron chi connectivity index (χ3n) is 5.02. The van der Waals surface area contributed by atoms with Gasteiger partial charge in [0, 0.05) is 36.5 Å². The van der Waals surface area contributed by atoms with Crippen LogP contribution in [0.3, 0.4) is 0 Å². The van der Waals surface area contributed by atoms with Crippen LogP contribution in [0.4, 0.5) is 10.5 Å². The van der Waals surface area contributed by atoms with Crippen LogP contribution in [0.2, 0.25) is 0 Å². The number of hydrogen-bond donors (Lipinski definition) is 2. The minimum atomic E-state index is -3.25. The van der Waals surface area contributed by atoms with Gasteiger partial charge in [-0.15, -0.1) is 0 Å². The summed E-state index contributed by atoms with van der Waals surface area (Å²) in [7, 11) is -3.25. The maximum atomic E-state index is 12.1. The van der Waals surface area contributed by atoms with Crippen LogP contribution in [0.1, 0.15) is 23.6 Å². The van der Waals surface area contributed by atoms with Gasteiger partial charge in [-0.05, 0) is 53.9 Å². The first kappa shape index (κ1) is 24.7. The molecule has 0 spiro atoms. The zero-order chi connectivity index (χ0) is 24.6. The number of rotatable bonds is 9. The highest BCUT2D eigenvalue weighted by Gasteiger charge is 2.09. The molecule has 0 saturated heterocycles. The first-order valence-electron chi connectivity index (χ1n) is 10.6. The van der Waals surface area contributed by atoms with Gasteiger partial charge in [0.15, 0.2) is 9.84 Å². The third-order valence-corrected chi connectivity index (χ3v) is 6.15. The Labute approximate surface area is 200 Å². The van der Waals surface area contributed by atoms with Crippen molar-refractivity contribution >= 4 is 27.1 Å². The van der Waals surface area contributed by atoms with E-state index in [0.717, 1.165) is 22.3 Å². The number of nitrogens with zero attached hydrogens (tertiary/aromatic N) is 1. The number of amides is 2. The predicted molar refractivity (Wildman–Crippen MR) is 134 cm³/mol. The summed E-state index contributed by atoms with van der Waals surface area (Å²) in [5, 5.41) is 5.58. The van der Waals surface area contributed by atoms with Gasteiger partial charge in [-0.2, -0.15) is 0 Å². The quantitative estimate of drug-likeness (QED) is 0.336. The molecule has 1 heterocycles. The number of aromatic nitrogens is 1. The van der Waals surface area contributed by atoms with E-state index in [2.05, 4.69) is 22.2 Å². The lowest BCUT2D eigenvalue weighted by Gasteiger charge is -2.12. The van der Waals surface area contributed by atoms with Crippen LogP contribution in [-0.2, 0) is 27.7 Å². The topological polar surface area (TPSA) is 97.4 Å². The molecule has 8 heteroatoms. The Hall–Kier alpha value is -3.91. The van der Waals surface area contributed by atoms with Gasteiger partial charge in [-0.1, -0.05) is 43.0 Å². The van der Waals surface area contributed by atoms with E-state index in [4.69, 9.17) is 4.74 Å². The number of carbonyl (C=O) groups excluding carboxylic acids is 1. The van der Waals surface area contributed by atoms with E-state index in [1.165, 1.54) is 6.26 Å². The maximum absolute atomic E-state index is 12.1. The molecule has 3 rings (SSSR count). The Morgan fingerprint density at radius 1 is 1.06 bits per heavy atom. The minimum absolute atomic E-state index is 0.262. The number of anilines is 1. The summed E-state index contributed by atoms with van der Waals surface area (Å²) < 4.78 is 29.3. The fourth-order valence-corrected chi connectivity index (χ4v) is 3.79. The largest absolute Gasteiger partial charge is 0.493 e. The Balaban J connectivity index is 1.56. The Morgan fingerprint density at radius 3 is 2.35 bits per heavy atom. The summed E-state index contributed by atoms with van der Waals surface area (Å²) in [5.74, 6) is 0.666. The highest BCUT2D eigenvalue weighted by atomic mass is 32.2. The molecule has 2 amide bonds. The molecule has 0 saturated carbocycles. The van der Waals surface area contributed by atoms with E-state index in [0.29, 0.717) is 24.6 Å². The van der Waals surface area contributed by atoms with Gasteiger partial charge in [0.1, 0.15) is 12.4 Å². The molecule has 0 aliphatic carbocycles. The molecule has 2 N–H and O–H groups in total. The van der Waals surface area contributed by atoms with Gasteiger partial charge in [0.2, 0.25) is 0 Å². The van der Waals surface area contributed by atoms with Gasteiger partial charge < -0.3 is 15.4 Å². The molecule has 176 valence electrons. The molecule has 0 aliphatic rings. The van der Waals surface area contributed by atoms with E-state index in [-0.39, 0.29) is 10.9 Å². The molecule has 7 nitrogen and oxygen atoms in total. The normalized spacial score (nSPS) is 11.8. The summed E-state index contributed by atoms with van der Waals surface area (Å²) in [6.45, 7) is 6.41. The molecule has 0 unspecified atom stereocenters. The lowest BCUT2D eigenvalue weighted by atomic mass is 10.1. The van der Waals surface area contributed by atoms with Gasteiger partial charge in [0.25, 0.3) is 0 Å². The van der Waals surface area contributed by atoms with Gasteiger partial charge >= 0.3 is 6.03 Å². The number of urea groups is 1. The highest BCUT2D eigenvalue weighted by molar-refractivity contribution is 7.90. The van der Waals surface area contributed by atoms with Crippen LogP contribution in [0.5, 0.6) is 0 Å². The molecule has 3 aromatic rings. The standard InChI is InChI=1S/C26H27N3O4S/c1-4-25(22-9-13-24(14-10-22)34(3,31)32)19(2)33-18-20-7-11-23(12-8-20)29-26(30)28-17-21-6-5-15-27-16-21/h4-16H,1,17-18H2,2-3H3,(H2,28,29,30)/b25-19-. The monoisotopic (exact) mass is 477 g/mol. The number of allylic oxidation sites excluding steroid dienone is 3. The number of ether oxygens (including phenoxy) is 1. The second-order valence-corrected chi connectivity index (χ2v) is 9.64. The van der Waals surface area contributed by atoms with Crippen LogP contribution in [0.15, 0.2) is 96.4 Å². The third kappa shape index (κ3) is 7.05. The molecule has 0 atom stereocenters. The van der Waals surface area contributed by atoms with Crippen molar-refractivity contribution in [3.63, 3.8) is 0 Å². The summed E-state index contributed by atoms with van der Waals surface area (Å²) in [5.41, 5.74) is 4.10. The average molecular weight is 478 g/mol. The second kappa shape index (κ2) is 11.3. The molecular weight excluding hydrogens is 450 g/mol. The van der Waals surface area contributed by atoms with Crippen molar-refractivity contribution in [1.82, 2.24) is 10.3 Å². The molecule has 0 bridgehead atoms. The van der Waals surface area contributed by atoms with Crippen LogP contribution >= 0.6 is 0 Å².